The predicted molar refractivity (Wildman–Crippen MR) is 64.7 cm³/mol. The van der Waals surface area contributed by atoms with E-state index in [0.29, 0.717) is 19.2 Å². The predicted octanol–water partition coefficient (Wildman–Crippen LogP) is 1.44. The van der Waals surface area contributed by atoms with Gasteiger partial charge in [-0.3, -0.25) is 4.90 Å². The van der Waals surface area contributed by atoms with Gasteiger partial charge in [0.1, 0.15) is 0 Å². The quantitative estimate of drug-likeness (QED) is 0.686. The molecule has 2 rings (SSSR count). The molecule has 1 heterocycles. The van der Waals surface area contributed by atoms with E-state index in [-0.39, 0.29) is 12.1 Å². The molecule has 1 aliphatic carbocycles. The molecule has 98 valence electrons. The van der Waals surface area contributed by atoms with Crippen LogP contribution >= 0.6 is 0 Å². The first kappa shape index (κ1) is 12.8. The van der Waals surface area contributed by atoms with Crippen molar-refractivity contribution in [3.05, 3.63) is 0 Å². The lowest BCUT2D eigenvalue weighted by Gasteiger charge is -2.40. The topological polar surface area (TPSA) is 38.8 Å². The van der Waals surface area contributed by atoms with Crippen LogP contribution in [0, 0.1) is 5.92 Å². The average molecular weight is 241 g/mol. The third-order valence-corrected chi connectivity index (χ3v) is 4.06. The van der Waals surface area contributed by atoms with Gasteiger partial charge in [0.05, 0.1) is 13.7 Å². The van der Waals surface area contributed by atoms with Crippen LogP contribution in [-0.4, -0.2) is 49.8 Å². The van der Waals surface area contributed by atoms with Crippen LogP contribution in [0.25, 0.3) is 0 Å². The number of esters is 1. The third kappa shape index (κ3) is 3.19. The van der Waals surface area contributed by atoms with Crippen molar-refractivity contribution in [3.8, 4) is 0 Å². The molecule has 1 atom stereocenters. The molecule has 1 saturated heterocycles. The van der Waals surface area contributed by atoms with Crippen molar-refractivity contribution < 1.29 is 14.3 Å². The average Bonchev–Trinajstić information content (AvgIpc) is 2.39. The van der Waals surface area contributed by atoms with Gasteiger partial charge in [-0.25, -0.2) is 4.79 Å². The SMILES string of the molecule is COC(=O)C1CN(C2CCC(C)CC2)CCO1. The molecule has 4 nitrogen and oxygen atoms in total. The Labute approximate surface area is 103 Å². The standard InChI is InChI=1S/C13H23NO3/c1-10-3-5-11(6-4-10)14-7-8-17-12(9-14)13(15)16-2/h10-12H,3-9H2,1-2H3. The van der Waals surface area contributed by atoms with E-state index in [2.05, 4.69) is 11.8 Å². The first-order valence-corrected chi connectivity index (χ1v) is 6.64. The number of ether oxygens (including phenoxy) is 2. The maximum Gasteiger partial charge on any atom is 0.336 e. The maximum atomic E-state index is 11.5. The summed E-state index contributed by atoms with van der Waals surface area (Å²) in [6.07, 6.45) is 4.76. The van der Waals surface area contributed by atoms with Crippen molar-refractivity contribution in [2.75, 3.05) is 26.8 Å². The number of hydrogen-bond donors (Lipinski definition) is 0. The van der Waals surface area contributed by atoms with Gasteiger partial charge in [0.15, 0.2) is 6.10 Å². The van der Waals surface area contributed by atoms with E-state index in [4.69, 9.17) is 9.47 Å². The first-order valence-electron chi connectivity index (χ1n) is 6.64. The molecular formula is C13H23NO3. The highest BCUT2D eigenvalue weighted by atomic mass is 16.6. The Hall–Kier alpha value is -0.610. The fourth-order valence-electron chi connectivity index (χ4n) is 2.88. The second-order valence-electron chi connectivity index (χ2n) is 5.29. The Morgan fingerprint density at radius 3 is 2.65 bits per heavy atom. The minimum atomic E-state index is -0.381. The molecule has 0 aromatic heterocycles. The zero-order chi connectivity index (χ0) is 12.3. The van der Waals surface area contributed by atoms with Crippen molar-refractivity contribution in [1.29, 1.82) is 0 Å². The summed E-state index contributed by atoms with van der Waals surface area (Å²) in [5, 5.41) is 0. The van der Waals surface area contributed by atoms with Crippen LogP contribution in [0.1, 0.15) is 32.6 Å². The highest BCUT2D eigenvalue weighted by Gasteiger charge is 2.32. The summed E-state index contributed by atoms with van der Waals surface area (Å²) in [6.45, 7) is 4.62. The van der Waals surface area contributed by atoms with Crippen LogP contribution in [0.4, 0.5) is 0 Å². The maximum absolute atomic E-state index is 11.5. The summed E-state index contributed by atoms with van der Waals surface area (Å²) in [4.78, 5) is 13.9. The van der Waals surface area contributed by atoms with E-state index in [1.54, 1.807) is 0 Å². The summed E-state index contributed by atoms with van der Waals surface area (Å²) in [5.74, 6) is 0.627. The normalized spacial score (nSPS) is 35.5. The monoisotopic (exact) mass is 241 g/mol. The molecule has 1 unspecified atom stereocenters. The summed E-state index contributed by atoms with van der Waals surface area (Å²) in [6, 6.07) is 0.641. The molecule has 0 bridgehead atoms. The van der Waals surface area contributed by atoms with Crippen molar-refractivity contribution in [1.82, 2.24) is 4.90 Å². The van der Waals surface area contributed by atoms with E-state index >= 15 is 0 Å². The fourth-order valence-corrected chi connectivity index (χ4v) is 2.88. The van der Waals surface area contributed by atoms with Crippen molar-refractivity contribution in [3.63, 3.8) is 0 Å². The van der Waals surface area contributed by atoms with Gasteiger partial charge in [-0.2, -0.15) is 0 Å². The zero-order valence-electron chi connectivity index (χ0n) is 10.9. The Morgan fingerprint density at radius 1 is 1.29 bits per heavy atom. The number of hydrogen-bond acceptors (Lipinski definition) is 4. The molecule has 1 saturated carbocycles. The van der Waals surface area contributed by atoms with Crippen LogP contribution < -0.4 is 0 Å². The minimum Gasteiger partial charge on any atom is -0.467 e. The van der Waals surface area contributed by atoms with E-state index in [0.717, 1.165) is 12.5 Å². The first-order chi connectivity index (χ1) is 8.20. The summed E-state index contributed by atoms with van der Waals surface area (Å²) in [7, 11) is 1.42. The Morgan fingerprint density at radius 2 is 2.00 bits per heavy atom. The lowest BCUT2D eigenvalue weighted by molar-refractivity contribution is -0.161. The van der Waals surface area contributed by atoms with Gasteiger partial charge in [0.2, 0.25) is 0 Å². The molecule has 0 radical (unpaired) electrons. The second kappa shape index (κ2) is 5.83. The molecule has 0 aromatic carbocycles. The molecule has 2 aliphatic rings. The van der Waals surface area contributed by atoms with Crippen LogP contribution in [0.15, 0.2) is 0 Å². The molecule has 1 aliphatic heterocycles. The molecular weight excluding hydrogens is 218 g/mol. The van der Waals surface area contributed by atoms with Gasteiger partial charge in [0.25, 0.3) is 0 Å². The van der Waals surface area contributed by atoms with E-state index in [1.165, 1.54) is 32.8 Å². The van der Waals surface area contributed by atoms with Crippen LogP contribution in [0.3, 0.4) is 0 Å². The second-order valence-corrected chi connectivity index (χ2v) is 5.29. The highest BCUT2D eigenvalue weighted by molar-refractivity contribution is 5.74. The van der Waals surface area contributed by atoms with Gasteiger partial charge in [-0.15, -0.1) is 0 Å². The smallest absolute Gasteiger partial charge is 0.336 e. The molecule has 0 N–H and O–H groups in total. The van der Waals surface area contributed by atoms with Gasteiger partial charge in [-0.1, -0.05) is 6.92 Å². The molecule has 0 amide bonds. The van der Waals surface area contributed by atoms with Crippen LogP contribution in [-0.2, 0) is 14.3 Å². The van der Waals surface area contributed by atoms with E-state index in [9.17, 15) is 4.79 Å². The third-order valence-electron chi connectivity index (χ3n) is 4.06. The highest BCUT2D eigenvalue weighted by Crippen LogP contribution is 2.28. The summed E-state index contributed by atoms with van der Waals surface area (Å²) >= 11 is 0. The number of rotatable bonds is 2. The number of methoxy groups -OCH3 is 1. The Bertz CT molecular complexity index is 261. The molecule has 0 spiro atoms. The minimum absolute atomic E-state index is 0.237. The summed E-state index contributed by atoms with van der Waals surface area (Å²) in [5.41, 5.74) is 0. The zero-order valence-corrected chi connectivity index (χ0v) is 10.9. The van der Waals surface area contributed by atoms with Crippen LogP contribution in [0.2, 0.25) is 0 Å². The number of carbonyl (C=O) groups is 1. The van der Waals surface area contributed by atoms with Gasteiger partial charge < -0.3 is 9.47 Å². The van der Waals surface area contributed by atoms with Gasteiger partial charge in [0, 0.05) is 19.1 Å². The van der Waals surface area contributed by atoms with Gasteiger partial charge in [-0.05, 0) is 31.6 Å². The lowest BCUT2D eigenvalue weighted by atomic mass is 9.86. The molecule has 17 heavy (non-hydrogen) atoms. The van der Waals surface area contributed by atoms with Gasteiger partial charge >= 0.3 is 5.97 Å². The van der Waals surface area contributed by atoms with Crippen molar-refractivity contribution in [2.45, 2.75) is 44.8 Å². The number of nitrogens with zero attached hydrogens (tertiary/aromatic N) is 1. The molecule has 2 fully saturated rings. The lowest BCUT2D eigenvalue weighted by Crippen LogP contribution is -2.51. The molecule has 0 aromatic rings. The number of carbonyl (C=O) groups excluding carboxylic acids is 1. The van der Waals surface area contributed by atoms with Crippen LogP contribution in [0.5, 0.6) is 0 Å². The molecule has 4 heteroatoms. The fraction of sp³-hybridized carbons (Fsp3) is 0.923. The Balaban J connectivity index is 1.86. The number of morpholine rings is 1. The Kier molecular flexibility index (Phi) is 4.40. The largest absolute Gasteiger partial charge is 0.467 e. The van der Waals surface area contributed by atoms with E-state index in [1.807, 2.05) is 0 Å². The summed E-state index contributed by atoms with van der Waals surface area (Å²) < 4.78 is 10.2. The van der Waals surface area contributed by atoms with Crippen molar-refractivity contribution >= 4 is 5.97 Å². The van der Waals surface area contributed by atoms with E-state index < -0.39 is 0 Å². The van der Waals surface area contributed by atoms with Crippen molar-refractivity contribution in [2.24, 2.45) is 5.92 Å².